The zero-order chi connectivity index (χ0) is 22.0. The van der Waals surface area contributed by atoms with Crippen molar-refractivity contribution in [1.29, 1.82) is 0 Å². The number of pyridine rings is 1. The summed E-state index contributed by atoms with van der Waals surface area (Å²) in [5.74, 6) is 0.224. The fraction of sp³-hybridized carbons (Fsp3) is 0.208. The highest BCUT2D eigenvalue weighted by Gasteiger charge is 2.42. The molecule has 0 unspecified atom stereocenters. The van der Waals surface area contributed by atoms with Gasteiger partial charge >= 0.3 is 0 Å². The molecule has 0 radical (unpaired) electrons. The summed E-state index contributed by atoms with van der Waals surface area (Å²) in [5.41, 5.74) is 2.63. The molecule has 7 nitrogen and oxygen atoms in total. The van der Waals surface area contributed by atoms with Gasteiger partial charge in [0, 0.05) is 18.7 Å². The van der Waals surface area contributed by atoms with Crippen LogP contribution in [0.2, 0.25) is 0 Å². The molecular formula is C24H23N3O4. The van der Waals surface area contributed by atoms with Crippen molar-refractivity contribution in [1.82, 2.24) is 9.88 Å². The Morgan fingerprint density at radius 2 is 1.74 bits per heavy atom. The number of fused-ring (bicyclic) bond motifs is 1. The van der Waals surface area contributed by atoms with Crippen LogP contribution in [0.25, 0.3) is 0 Å². The molecule has 2 aromatic carbocycles. The van der Waals surface area contributed by atoms with Crippen LogP contribution in [-0.4, -0.2) is 43.0 Å². The lowest BCUT2D eigenvalue weighted by Gasteiger charge is -2.39. The SMILES string of the molecule is COc1ccc([C@H]2[C@@H](C(=O)Nc3ccc(OC)nc3)c3ccccc3C(=O)N2C)cc1. The van der Waals surface area contributed by atoms with E-state index in [9.17, 15) is 9.59 Å². The number of likely N-dealkylation sites (N-methyl/N-ethyl adjacent to an activating group) is 1. The van der Waals surface area contributed by atoms with Crippen molar-refractivity contribution in [3.05, 3.63) is 83.6 Å². The zero-order valence-electron chi connectivity index (χ0n) is 17.5. The first-order valence-corrected chi connectivity index (χ1v) is 9.84. The number of methoxy groups -OCH3 is 2. The second-order valence-electron chi connectivity index (χ2n) is 7.28. The summed E-state index contributed by atoms with van der Waals surface area (Å²) in [4.78, 5) is 32.4. The number of nitrogens with one attached hydrogen (secondary N) is 1. The molecule has 1 N–H and O–H groups in total. The summed E-state index contributed by atoms with van der Waals surface area (Å²) in [7, 11) is 4.86. The molecule has 0 aliphatic carbocycles. The molecule has 1 aliphatic rings. The average molecular weight is 417 g/mol. The lowest BCUT2D eigenvalue weighted by molar-refractivity contribution is -0.119. The zero-order valence-corrected chi connectivity index (χ0v) is 17.5. The fourth-order valence-electron chi connectivity index (χ4n) is 3.97. The summed E-state index contributed by atoms with van der Waals surface area (Å²) in [6.45, 7) is 0. The van der Waals surface area contributed by atoms with Crippen molar-refractivity contribution in [2.45, 2.75) is 12.0 Å². The van der Waals surface area contributed by atoms with Gasteiger partial charge in [0.15, 0.2) is 0 Å². The Kier molecular flexibility index (Phi) is 5.58. The number of aromatic nitrogens is 1. The summed E-state index contributed by atoms with van der Waals surface area (Å²) >= 11 is 0. The van der Waals surface area contributed by atoms with Crippen molar-refractivity contribution in [3.63, 3.8) is 0 Å². The van der Waals surface area contributed by atoms with Crippen LogP contribution in [0.15, 0.2) is 66.9 Å². The molecular weight excluding hydrogens is 394 g/mol. The Hall–Kier alpha value is -3.87. The summed E-state index contributed by atoms with van der Waals surface area (Å²) < 4.78 is 10.3. The van der Waals surface area contributed by atoms with Crippen molar-refractivity contribution >= 4 is 17.5 Å². The number of ether oxygens (including phenoxy) is 2. The predicted octanol–water partition coefficient (Wildman–Crippen LogP) is 3.65. The van der Waals surface area contributed by atoms with Gasteiger partial charge in [-0.05, 0) is 35.4 Å². The van der Waals surface area contributed by atoms with Crippen LogP contribution in [0.3, 0.4) is 0 Å². The van der Waals surface area contributed by atoms with E-state index in [0.717, 1.165) is 5.56 Å². The molecule has 1 aromatic heterocycles. The number of hydrogen-bond donors (Lipinski definition) is 1. The van der Waals surface area contributed by atoms with Gasteiger partial charge in [-0.2, -0.15) is 0 Å². The largest absolute Gasteiger partial charge is 0.497 e. The number of benzene rings is 2. The Labute approximate surface area is 180 Å². The number of nitrogens with zero attached hydrogens (tertiary/aromatic N) is 2. The minimum Gasteiger partial charge on any atom is -0.497 e. The summed E-state index contributed by atoms with van der Waals surface area (Å²) in [5, 5.41) is 2.94. The van der Waals surface area contributed by atoms with E-state index in [1.165, 1.54) is 7.11 Å². The van der Waals surface area contributed by atoms with E-state index in [1.807, 2.05) is 36.4 Å². The molecule has 0 fully saturated rings. The number of anilines is 1. The molecule has 3 aromatic rings. The van der Waals surface area contributed by atoms with Gasteiger partial charge in [-0.15, -0.1) is 0 Å². The molecule has 2 heterocycles. The van der Waals surface area contributed by atoms with E-state index < -0.39 is 12.0 Å². The highest BCUT2D eigenvalue weighted by Crippen LogP contribution is 2.42. The van der Waals surface area contributed by atoms with Crippen LogP contribution in [-0.2, 0) is 4.79 Å². The van der Waals surface area contributed by atoms with Crippen LogP contribution < -0.4 is 14.8 Å². The first-order valence-electron chi connectivity index (χ1n) is 9.84. The maximum absolute atomic E-state index is 13.5. The Morgan fingerprint density at radius 1 is 1.00 bits per heavy atom. The van der Waals surface area contributed by atoms with E-state index in [-0.39, 0.29) is 11.8 Å². The second kappa shape index (κ2) is 8.47. The highest BCUT2D eigenvalue weighted by atomic mass is 16.5. The van der Waals surface area contributed by atoms with Gasteiger partial charge < -0.3 is 19.7 Å². The smallest absolute Gasteiger partial charge is 0.254 e. The average Bonchev–Trinajstić information content (AvgIpc) is 2.81. The standard InChI is InChI=1S/C24H23N3O4/c1-27-22(15-8-11-17(30-2)12-9-15)21(18-6-4-5-7-19(18)24(27)29)23(28)26-16-10-13-20(31-3)25-14-16/h4-14,21-22H,1-3H3,(H,26,28)/t21-,22-/m0/s1. The van der Waals surface area contributed by atoms with Gasteiger partial charge in [-0.25, -0.2) is 4.98 Å². The van der Waals surface area contributed by atoms with Crippen molar-refractivity contribution in [3.8, 4) is 11.6 Å². The maximum atomic E-state index is 13.5. The van der Waals surface area contributed by atoms with Crippen LogP contribution in [0.5, 0.6) is 11.6 Å². The van der Waals surface area contributed by atoms with Crippen molar-refractivity contribution in [2.75, 3.05) is 26.6 Å². The van der Waals surface area contributed by atoms with Crippen LogP contribution in [0, 0.1) is 0 Å². The van der Waals surface area contributed by atoms with E-state index in [4.69, 9.17) is 9.47 Å². The molecule has 2 amide bonds. The van der Waals surface area contributed by atoms with Gasteiger partial charge in [0.05, 0.1) is 38.1 Å². The first kappa shape index (κ1) is 20.4. The quantitative estimate of drug-likeness (QED) is 0.685. The lowest BCUT2D eigenvalue weighted by Crippen LogP contribution is -2.44. The van der Waals surface area contributed by atoms with Gasteiger partial charge in [0.2, 0.25) is 11.8 Å². The van der Waals surface area contributed by atoms with Crippen LogP contribution >= 0.6 is 0 Å². The minimum atomic E-state index is -0.602. The number of hydrogen-bond acceptors (Lipinski definition) is 5. The fourth-order valence-corrected chi connectivity index (χ4v) is 3.97. The molecule has 0 bridgehead atoms. The molecule has 31 heavy (non-hydrogen) atoms. The number of amides is 2. The maximum Gasteiger partial charge on any atom is 0.254 e. The van der Waals surface area contributed by atoms with Crippen molar-refractivity contribution < 1.29 is 19.1 Å². The van der Waals surface area contributed by atoms with Gasteiger partial charge in [0.25, 0.3) is 5.91 Å². The molecule has 158 valence electrons. The monoisotopic (exact) mass is 417 g/mol. The molecule has 1 aliphatic heterocycles. The Morgan fingerprint density at radius 3 is 2.39 bits per heavy atom. The van der Waals surface area contributed by atoms with E-state index in [0.29, 0.717) is 28.4 Å². The van der Waals surface area contributed by atoms with Gasteiger partial charge in [-0.3, -0.25) is 9.59 Å². The predicted molar refractivity (Wildman–Crippen MR) is 116 cm³/mol. The second-order valence-corrected chi connectivity index (χ2v) is 7.28. The third kappa shape index (κ3) is 3.82. The van der Waals surface area contributed by atoms with Crippen LogP contribution in [0.4, 0.5) is 5.69 Å². The summed E-state index contributed by atoms with van der Waals surface area (Å²) in [6, 6.07) is 17.6. The van der Waals surface area contributed by atoms with E-state index in [1.54, 1.807) is 49.5 Å². The minimum absolute atomic E-state index is 0.119. The lowest BCUT2D eigenvalue weighted by atomic mass is 9.79. The van der Waals surface area contributed by atoms with E-state index >= 15 is 0 Å². The normalized spacial score (nSPS) is 17.6. The third-order valence-corrected chi connectivity index (χ3v) is 5.53. The Balaban J connectivity index is 1.75. The first-order chi connectivity index (χ1) is 15.0. The molecule has 0 saturated carbocycles. The third-order valence-electron chi connectivity index (χ3n) is 5.53. The van der Waals surface area contributed by atoms with Crippen molar-refractivity contribution in [2.24, 2.45) is 0 Å². The molecule has 4 rings (SSSR count). The Bertz CT molecular complexity index is 1100. The molecule has 7 heteroatoms. The number of rotatable bonds is 5. The molecule has 0 spiro atoms. The topological polar surface area (TPSA) is 80.8 Å². The molecule has 0 saturated heterocycles. The highest BCUT2D eigenvalue weighted by molar-refractivity contribution is 6.04. The van der Waals surface area contributed by atoms with Crippen LogP contribution in [0.1, 0.15) is 33.4 Å². The van der Waals surface area contributed by atoms with E-state index in [2.05, 4.69) is 10.3 Å². The number of carbonyl (C=O) groups is 2. The van der Waals surface area contributed by atoms with Gasteiger partial charge in [0.1, 0.15) is 5.75 Å². The number of carbonyl (C=O) groups excluding carboxylic acids is 2. The molecule has 2 atom stereocenters. The summed E-state index contributed by atoms with van der Waals surface area (Å²) in [6.07, 6.45) is 1.54. The van der Waals surface area contributed by atoms with Gasteiger partial charge in [-0.1, -0.05) is 30.3 Å².